The van der Waals surface area contributed by atoms with Crippen LogP contribution in [-0.4, -0.2) is 27.4 Å². The van der Waals surface area contributed by atoms with Crippen LogP contribution in [0.1, 0.15) is 47.0 Å². The molecule has 0 bridgehead atoms. The number of ether oxygens (including phenoxy) is 2. The summed E-state index contributed by atoms with van der Waals surface area (Å²) in [5.74, 6) is 0. The molecule has 2 nitrogen and oxygen atoms in total. The Morgan fingerprint density at radius 1 is 1.22 bits per heavy atom. The summed E-state index contributed by atoms with van der Waals surface area (Å²) in [7, 11) is 5.00. The molecule has 106 valence electrons. The summed E-state index contributed by atoms with van der Waals surface area (Å²) in [4.78, 5) is 0. The normalized spacial score (nSPS) is 20.6. The maximum Gasteiger partial charge on any atom is 0.0727 e. The van der Waals surface area contributed by atoms with E-state index in [4.69, 9.17) is 4.74 Å². The van der Waals surface area contributed by atoms with Gasteiger partial charge in [-0.2, -0.15) is 0 Å². The standard InChI is InChI=1S/C14H24O.C2H6O/c1-11-7-6-10-14(3,4)13(11)9-8-12(2)15-5;1-3-2/h8-9,12H,6-7,10H2,1-5H3;1-2H3/b9-8+;. The van der Waals surface area contributed by atoms with Crippen LogP contribution < -0.4 is 0 Å². The van der Waals surface area contributed by atoms with Gasteiger partial charge in [-0.1, -0.05) is 31.6 Å². The summed E-state index contributed by atoms with van der Waals surface area (Å²) in [6.07, 6.45) is 8.52. The van der Waals surface area contributed by atoms with Gasteiger partial charge in [0.2, 0.25) is 0 Å². The highest BCUT2D eigenvalue weighted by molar-refractivity contribution is 5.32. The van der Waals surface area contributed by atoms with Gasteiger partial charge in [0.25, 0.3) is 0 Å². The van der Waals surface area contributed by atoms with Crippen molar-refractivity contribution in [1.29, 1.82) is 0 Å². The second kappa shape index (κ2) is 8.49. The molecule has 0 aromatic rings. The van der Waals surface area contributed by atoms with Crippen molar-refractivity contribution in [1.82, 2.24) is 0 Å². The Kier molecular flexibility index (Phi) is 8.21. The van der Waals surface area contributed by atoms with Crippen LogP contribution in [0.25, 0.3) is 0 Å². The highest BCUT2D eigenvalue weighted by atomic mass is 16.5. The van der Waals surface area contributed by atoms with Crippen LogP contribution in [0, 0.1) is 5.41 Å². The fourth-order valence-electron chi connectivity index (χ4n) is 2.32. The van der Waals surface area contributed by atoms with Gasteiger partial charge in [0.05, 0.1) is 6.10 Å². The van der Waals surface area contributed by atoms with Gasteiger partial charge in [-0.3, -0.25) is 0 Å². The smallest absolute Gasteiger partial charge is 0.0727 e. The first-order valence-electron chi connectivity index (χ1n) is 6.70. The van der Waals surface area contributed by atoms with Crippen molar-refractivity contribution in [2.75, 3.05) is 21.3 Å². The maximum atomic E-state index is 5.24. The van der Waals surface area contributed by atoms with E-state index in [0.717, 1.165) is 0 Å². The van der Waals surface area contributed by atoms with Gasteiger partial charge in [-0.15, -0.1) is 0 Å². The molecule has 0 aromatic heterocycles. The summed E-state index contributed by atoms with van der Waals surface area (Å²) in [6, 6.07) is 0. The van der Waals surface area contributed by atoms with E-state index >= 15 is 0 Å². The molecule has 0 aliphatic heterocycles. The molecule has 0 aromatic carbocycles. The molecule has 0 saturated carbocycles. The lowest BCUT2D eigenvalue weighted by molar-refractivity contribution is 0.156. The van der Waals surface area contributed by atoms with E-state index in [1.807, 2.05) is 0 Å². The number of methoxy groups -OCH3 is 2. The van der Waals surface area contributed by atoms with Crippen LogP contribution in [0.4, 0.5) is 0 Å². The number of hydrogen-bond donors (Lipinski definition) is 0. The Morgan fingerprint density at radius 3 is 2.22 bits per heavy atom. The molecule has 1 atom stereocenters. The van der Waals surface area contributed by atoms with Crippen LogP contribution in [0.3, 0.4) is 0 Å². The summed E-state index contributed by atoms with van der Waals surface area (Å²) in [5.41, 5.74) is 3.40. The molecule has 1 aliphatic carbocycles. The molecule has 0 amide bonds. The summed E-state index contributed by atoms with van der Waals surface area (Å²) in [5, 5.41) is 0. The van der Waals surface area contributed by atoms with E-state index in [-0.39, 0.29) is 6.10 Å². The first kappa shape index (κ1) is 17.4. The molecule has 0 saturated heterocycles. The Labute approximate surface area is 113 Å². The fraction of sp³-hybridized carbons (Fsp3) is 0.750. The molecule has 1 rings (SSSR count). The average Bonchev–Trinajstić information content (AvgIpc) is 2.28. The lowest BCUT2D eigenvalue weighted by atomic mass is 9.72. The second-order valence-corrected chi connectivity index (χ2v) is 5.64. The Balaban J connectivity index is 0.000000873. The zero-order chi connectivity index (χ0) is 14.2. The average molecular weight is 254 g/mol. The van der Waals surface area contributed by atoms with E-state index in [0.29, 0.717) is 5.41 Å². The third-order valence-corrected chi connectivity index (χ3v) is 3.45. The van der Waals surface area contributed by atoms with Crippen LogP contribution in [0.15, 0.2) is 23.3 Å². The van der Waals surface area contributed by atoms with Gasteiger partial charge < -0.3 is 9.47 Å². The van der Waals surface area contributed by atoms with Gasteiger partial charge in [0.1, 0.15) is 0 Å². The third-order valence-electron chi connectivity index (χ3n) is 3.45. The van der Waals surface area contributed by atoms with Gasteiger partial charge in [-0.05, 0) is 44.1 Å². The Morgan fingerprint density at radius 2 is 1.78 bits per heavy atom. The van der Waals surface area contributed by atoms with Gasteiger partial charge >= 0.3 is 0 Å². The third kappa shape index (κ3) is 5.83. The lowest BCUT2D eigenvalue weighted by Gasteiger charge is -2.33. The topological polar surface area (TPSA) is 18.5 Å². The van der Waals surface area contributed by atoms with E-state index in [1.54, 1.807) is 26.9 Å². The van der Waals surface area contributed by atoms with E-state index < -0.39 is 0 Å². The van der Waals surface area contributed by atoms with Crippen LogP contribution >= 0.6 is 0 Å². The molecule has 18 heavy (non-hydrogen) atoms. The van der Waals surface area contributed by atoms with Crippen LogP contribution in [0.5, 0.6) is 0 Å². The monoisotopic (exact) mass is 254 g/mol. The van der Waals surface area contributed by atoms with E-state index in [1.165, 1.54) is 24.8 Å². The number of allylic oxidation sites excluding steroid dienone is 3. The van der Waals surface area contributed by atoms with E-state index in [2.05, 4.69) is 44.6 Å². The molecular formula is C16H30O2. The SMILES string of the molecule is COC.COC(C)/C=C/C1=C(C)CCCC1(C)C. The molecule has 0 radical (unpaired) electrons. The summed E-state index contributed by atoms with van der Waals surface area (Å²) < 4.78 is 9.49. The molecule has 1 unspecified atom stereocenters. The highest BCUT2D eigenvalue weighted by Crippen LogP contribution is 2.40. The molecule has 1 aliphatic rings. The van der Waals surface area contributed by atoms with Crippen LogP contribution in [0.2, 0.25) is 0 Å². The molecule has 0 fully saturated rings. The van der Waals surface area contributed by atoms with Crippen molar-refractivity contribution < 1.29 is 9.47 Å². The minimum absolute atomic E-state index is 0.211. The molecule has 0 heterocycles. The number of rotatable bonds is 3. The highest BCUT2D eigenvalue weighted by Gasteiger charge is 2.26. The van der Waals surface area contributed by atoms with E-state index in [9.17, 15) is 0 Å². The predicted molar refractivity (Wildman–Crippen MR) is 78.9 cm³/mol. The van der Waals surface area contributed by atoms with Gasteiger partial charge in [-0.25, -0.2) is 0 Å². The van der Waals surface area contributed by atoms with Crippen molar-refractivity contribution in [2.45, 2.75) is 53.1 Å². The first-order chi connectivity index (χ1) is 8.38. The van der Waals surface area contributed by atoms with Crippen molar-refractivity contribution in [3.8, 4) is 0 Å². The Hall–Kier alpha value is -0.600. The molecule has 0 spiro atoms. The number of hydrogen-bond acceptors (Lipinski definition) is 2. The maximum absolute atomic E-state index is 5.24. The van der Waals surface area contributed by atoms with Crippen molar-refractivity contribution in [2.24, 2.45) is 5.41 Å². The fourth-order valence-corrected chi connectivity index (χ4v) is 2.32. The largest absolute Gasteiger partial charge is 0.388 e. The minimum Gasteiger partial charge on any atom is -0.388 e. The molecule has 0 N–H and O–H groups in total. The zero-order valence-electron chi connectivity index (χ0n) is 13.2. The lowest BCUT2D eigenvalue weighted by Crippen LogP contribution is -2.19. The van der Waals surface area contributed by atoms with Crippen LogP contribution in [-0.2, 0) is 9.47 Å². The first-order valence-corrected chi connectivity index (χ1v) is 6.70. The van der Waals surface area contributed by atoms with Gasteiger partial charge in [0.15, 0.2) is 0 Å². The van der Waals surface area contributed by atoms with Crippen molar-refractivity contribution >= 4 is 0 Å². The molecular weight excluding hydrogens is 224 g/mol. The summed E-state index contributed by atoms with van der Waals surface area (Å²) >= 11 is 0. The summed E-state index contributed by atoms with van der Waals surface area (Å²) in [6.45, 7) is 9.01. The predicted octanol–water partition coefficient (Wildman–Crippen LogP) is 4.37. The quantitative estimate of drug-likeness (QED) is 0.744. The second-order valence-electron chi connectivity index (χ2n) is 5.64. The van der Waals surface area contributed by atoms with Gasteiger partial charge in [0, 0.05) is 21.3 Å². The minimum atomic E-state index is 0.211. The van der Waals surface area contributed by atoms with Crippen molar-refractivity contribution in [3.63, 3.8) is 0 Å². The van der Waals surface area contributed by atoms with Crippen molar-refractivity contribution in [3.05, 3.63) is 23.3 Å². The Bertz CT molecular complexity index is 287. The molecule has 2 heteroatoms. The zero-order valence-corrected chi connectivity index (χ0v) is 13.2.